The molecule has 0 aliphatic rings. The van der Waals surface area contributed by atoms with Gasteiger partial charge in [-0.1, -0.05) is 36.4 Å². The predicted molar refractivity (Wildman–Crippen MR) is 83.9 cm³/mol. The van der Waals surface area contributed by atoms with Gasteiger partial charge in [-0.15, -0.1) is 0 Å². The number of benzene rings is 2. The van der Waals surface area contributed by atoms with E-state index in [1.54, 1.807) is 48.5 Å². The predicted octanol–water partition coefficient (Wildman–Crippen LogP) is 4.65. The van der Waals surface area contributed by atoms with Crippen LogP contribution in [0.5, 0.6) is 11.5 Å². The highest BCUT2D eigenvalue weighted by atomic mass is 31.2. The van der Waals surface area contributed by atoms with Crippen molar-refractivity contribution in [1.29, 1.82) is 0 Å². The van der Waals surface area contributed by atoms with Gasteiger partial charge < -0.3 is 13.8 Å². The van der Waals surface area contributed by atoms with E-state index in [1.807, 2.05) is 26.0 Å². The second-order valence-corrected chi connectivity index (χ2v) is 6.24. The Labute approximate surface area is 130 Å². The van der Waals surface area contributed by atoms with Gasteiger partial charge in [0.1, 0.15) is 11.5 Å². The van der Waals surface area contributed by atoms with E-state index in [2.05, 4.69) is 0 Å². The van der Waals surface area contributed by atoms with Crippen molar-refractivity contribution in [2.45, 2.75) is 20.0 Å². The highest BCUT2D eigenvalue weighted by molar-refractivity contribution is 7.49. The van der Waals surface area contributed by atoms with E-state index in [0.29, 0.717) is 11.5 Å². The summed E-state index contributed by atoms with van der Waals surface area (Å²) in [6, 6.07) is 17.4. The number of para-hydroxylation sites is 2. The van der Waals surface area contributed by atoms with Crippen LogP contribution < -0.4 is 9.05 Å². The Morgan fingerprint density at radius 2 is 1.32 bits per heavy atom. The van der Waals surface area contributed by atoms with E-state index in [1.165, 1.54) is 0 Å². The van der Waals surface area contributed by atoms with E-state index in [-0.39, 0.29) is 12.9 Å². The first kappa shape index (κ1) is 16.6. The lowest BCUT2D eigenvalue weighted by Crippen LogP contribution is -2.11. The molecule has 6 heteroatoms. The van der Waals surface area contributed by atoms with Crippen LogP contribution in [0.3, 0.4) is 0 Å². The summed E-state index contributed by atoms with van der Waals surface area (Å²) >= 11 is 0. The molecular formula is C16H19O5P. The zero-order valence-corrected chi connectivity index (χ0v) is 13.4. The van der Waals surface area contributed by atoms with Gasteiger partial charge in [-0.25, -0.2) is 9.09 Å². The molecule has 0 saturated carbocycles. The third-order valence-electron chi connectivity index (χ3n) is 2.53. The number of ether oxygens (including phenoxy) is 1. The fourth-order valence-electron chi connectivity index (χ4n) is 1.52. The molecule has 0 amide bonds. The first-order valence-electron chi connectivity index (χ1n) is 6.93. The van der Waals surface area contributed by atoms with Crippen LogP contribution in [-0.4, -0.2) is 12.9 Å². The normalized spacial score (nSPS) is 11.4. The van der Waals surface area contributed by atoms with E-state index in [9.17, 15) is 4.57 Å². The molecule has 118 valence electrons. The molecule has 0 aliphatic heterocycles. The largest absolute Gasteiger partial charge is 0.589 e. The second-order valence-electron chi connectivity index (χ2n) is 4.72. The van der Waals surface area contributed by atoms with Crippen LogP contribution in [0.4, 0.5) is 0 Å². The van der Waals surface area contributed by atoms with Crippen molar-refractivity contribution in [3.05, 3.63) is 60.7 Å². The van der Waals surface area contributed by atoms with Crippen molar-refractivity contribution >= 4 is 7.82 Å². The maximum Gasteiger partial charge on any atom is 0.589 e. The van der Waals surface area contributed by atoms with E-state index in [4.69, 9.17) is 18.3 Å². The average Bonchev–Trinajstić information content (AvgIpc) is 2.48. The maximum absolute atomic E-state index is 12.8. The molecule has 0 bridgehead atoms. The Morgan fingerprint density at radius 3 is 1.73 bits per heavy atom. The summed E-state index contributed by atoms with van der Waals surface area (Å²) in [7, 11) is -3.84. The maximum atomic E-state index is 12.8. The van der Waals surface area contributed by atoms with Gasteiger partial charge >= 0.3 is 7.82 Å². The first-order chi connectivity index (χ1) is 10.6. The van der Waals surface area contributed by atoms with Gasteiger partial charge in [0.05, 0.1) is 6.10 Å². The second kappa shape index (κ2) is 7.99. The highest BCUT2D eigenvalue weighted by Gasteiger charge is 2.31. The molecule has 22 heavy (non-hydrogen) atoms. The van der Waals surface area contributed by atoms with Gasteiger partial charge in [0.2, 0.25) is 0 Å². The Kier molecular flexibility index (Phi) is 6.01. The number of phosphoric acid groups is 1. The van der Waals surface area contributed by atoms with E-state index in [0.717, 1.165) is 0 Å². The van der Waals surface area contributed by atoms with E-state index >= 15 is 0 Å². The number of phosphoric ester groups is 1. The van der Waals surface area contributed by atoms with Crippen molar-refractivity contribution in [1.82, 2.24) is 0 Å². The molecule has 0 radical (unpaired) electrons. The first-order valence-corrected chi connectivity index (χ1v) is 8.39. The minimum Gasteiger partial charge on any atom is -0.395 e. The molecule has 0 spiro atoms. The van der Waals surface area contributed by atoms with E-state index < -0.39 is 7.82 Å². The average molecular weight is 322 g/mol. The van der Waals surface area contributed by atoms with Gasteiger partial charge in [-0.05, 0) is 38.1 Å². The van der Waals surface area contributed by atoms with Crippen molar-refractivity contribution in [3.8, 4) is 11.5 Å². The summed E-state index contributed by atoms with van der Waals surface area (Å²) in [5.41, 5.74) is 0. The lowest BCUT2D eigenvalue weighted by atomic mass is 10.3. The zero-order chi connectivity index (χ0) is 15.8. The Balaban J connectivity index is 2.10. The Hall–Kier alpha value is -1.81. The van der Waals surface area contributed by atoms with Gasteiger partial charge in [-0.3, -0.25) is 0 Å². The number of hydrogen-bond acceptors (Lipinski definition) is 5. The van der Waals surface area contributed by atoms with Crippen LogP contribution in [0.15, 0.2) is 60.7 Å². The van der Waals surface area contributed by atoms with Gasteiger partial charge in [0, 0.05) is 0 Å². The fourth-order valence-corrected chi connectivity index (χ4v) is 2.62. The lowest BCUT2D eigenvalue weighted by molar-refractivity contribution is -0.0304. The summed E-state index contributed by atoms with van der Waals surface area (Å²) < 4.78 is 34.1. The molecule has 5 nitrogen and oxygen atoms in total. The molecule has 0 saturated heterocycles. The quantitative estimate of drug-likeness (QED) is 0.523. The van der Waals surface area contributed by atoms with Crippen LogP contribution in [0.25, 0.3) is 0 Å². The van der Waals surface area contributed by atoms with Crippen LogP contribution in [0, 0.1) is 0 Å². The zero-order valence-electron chi connectivity index (χ0n) is 12.5. The summed E-state index contributed by atoms with van der Waals surface area (Å²) in [6.07, 6.45) is -0.0538. The third kappa shape index (κ3) is 5.53. The molecular weight excluding hydrogens is 303 g/mol. The molecule has 0 aliphatic carbocycles. The van der Waals surface area contributed by atoms with Crippen LogP contribution in [0.2, 0.25) is 0 Å². The Morgan fingerprint density at radius 1 is 0.864 bits per heavy atom. The van der Waals surface area contributed by atoms with Crippen LogP contribution >= 0.6 is 7.82 Å². The topological polar surface area (TPSA) is 54.0 Å². The summed E-state index contributed by atoms with van der Waals surface area (Å²) in [5, 5.41) is 0. The molecule has 2 aromatic carbocycles. The van der Waals surface area contributed by atoms with Crippen molar-refractivity contribution in [3.63, 3.8) is 0 Å². The minimum atomic E-state index is -3.84. The van der Waals surface area contributed by atoms with Gasteiger partial charge in [0.25, 0.3) is 0 Å². The molecule has 0 fully saturated rings. The smallest absolute Gasteiger partial charge is 0.395 e. The molecule has 0 heterocycles. The molecule has 0 aromatic heterocycles. The fraction of sp³-hybridized carbons (Fsp3) is 0.250. The number of hydrogen-bond donors (Lipinski definition) is 0. The van der Waals surface area contributed by atoms with Crippen LogP contribution in [0.1, 0.15) is 13.8 Å². The molecule has 0 unspecified atom stereocenters. The SMILES string of the molecule is CC(C)OCOP(=O)(Oc1ccccc1)Oc1ccccc1. The van der Waals surface area contributed by atoms with Crippen molar-refractivity contribution in [2.75, 3.05) is 6.79 Å². The van der Waals surface area contributed by atoms with Crippen molar-refractivity contribution < 1.29 is 22.9 Å². The molecule has 0 atom stereocenters. The number of rotatable bonds is 8. The molecule has 0 N–H and O–H groups in total. The molecule has 2 aromatic rings. The highest BCUT2D eigenvalue weighted by Crippen LogP contribution is 2.49. The standard InChI is InChI=1S/C16H19O5P/c1-14(2)18-13-19-22(17,20-15-9-5-3-6-10-15)21-16-11-7-4-8-12-16/h3-12,14H,13H2,1-2H3. The lowest BCUT2D eigenvalue weighted by Gasteiger charge is -2.19. The van der Waals surface area contributed by atoms with Crippen LogP contribution in [-0.2, 0) is 13.8 Å². The summed E-state index contributed by atoms with van der Waals surface area (Å²) in [4.78, 5) is 0. The third-order valence-corrected chi connectivity index (χ3v) is 3.82. The van der Waals surface area contributed by atoms with Gasteiger partial charge in [0.15, 0.2) is 6.79 Å². The summed E-state index contributed by atoms with van der Waals surface area (Å²) in [6.45, 7) is 3.52. The molecule has 2 rings (SSSR count). The monoisotopic (exact) mass is 322 g/mol. The van der Waals surface area contributed by atoms with Crippen molar-refractivity contribution in [2.24, 2.45) is 0 Å². The minimum absolute atomic E-state index is 0.0538. The summed E-state index contributed by atoms with van der Waals surface area (Å²) in [5.74, 6) is 0.789. The van der Waals surface area contributed by atoms with Gasteiger partial charge in [-0.2, -0.15) is 0 Å². The Bertz CT molecular complexity index is 555.